The molecule has 0 fully saturated rings. The predicted molar refractivity (Wildman–Crippen MR) is 153 cm³/mol. The third-order valence-corrected chi connectivity index (χ3v) is 7.99. The van der Waals surface area contributed by atoms with E-state index >= 15 is 0 Å². The lowest BCUT2D eigenvalue weighted by Crippen LogP contribution is -1.92. The number of para-hydroxylation sites is 4. The Morgan fingerprint density at radius 2 is 0.917 bits per heavy atom. The summed E-state index contributed by atoms with van der Waals surface area (Å²) in [6.07, 6.45) is 0. The molecular weight excluding hydrogens is 436 g/mol. The van der Waals surface area contributed by atoms with Gasteiger partial charge in [0.25, 0.3) is 0 Å². The van der Waals surface area contributed by atoms with Crippen LogP contribution in [0.15, 0.2) is 121 Å². The van der Waals surface area contributed by atoms with Crippen molar-refractivity contribution in [3.8, 4) is 5.69 Å². The Bertz CT molecular complexity index is 2300. The molecule has 0 aliphatic heterocycles. The summed E-state index contributed by atoms with van der Waals surface area (Å²) in [6.45, 7) is 0. The zero-order valence-electron chi connectivity index (χ0n) is 19.4. The molecule has 0 unspecified atom stereocenters. The largest absolute Gasteiger partial charge is 0.309 e. The van der Waals surface area contributed by atoms with Crippen molar-refractivity contribution in [3.63, 3.8) is 0 Å². The van der Waals surface area contributed by atoms with Crippen LogP contribution in [-0.4, -0.2) is 8.97 Å². The van der Waals surface area contributed by atoms with E-state index in [0.717, 1.165) is 0 Å². The van der Waals surface area contributed by atoms with Gasteiger partial charge in [-0.05, 0) is 59.3 Å². The summed E-state index contributed by atoms with van der Waals surface area (Å²) in [5.74, 6) is 0. The molecule has 9 rings (SSSR count). The summed E-state index contributed by atoms with van der Waals surface area (Å²) >= 11 is 0. The highest BCUT2D eigenvalue weighted by molar-refractivity contribution is 6.25. The third-order valence-electron chi connectivity index (χ3n) is 7.99. The first-order valence-electron chi connectivity index (χ1n) is 12.5. The van der Waals surface area contributed by atoms with Crippen LogP contribution >= 0.6 is 0 Å². The first-order valence-corrected chi connectivity index (χ1v) is 12.5. The SMILES string of the molecule is c1ccc(-n2c3ccccc3c3cc4cc5c(cc4cc32)c2cccc3c4ccccc4n5c32)cc1. The molecule has 0 saturated heterocycles. The molecule has 0 bridgehead atoms. The average Bonchev–Trinajstić information content (AvgIpc) is 3.56. The van der Waals surface area contributed by atoms with Crippen molar-refractivity contribution in [2.24, 2.45) is 0 Å². The van der Waals surface area contributed by atoms with Crippen molar-refractivity contribution in [2.45, 2.75) is 0 Å². The zero-order chi connectivity index (χ0) is 23.4. The topological polar surface area (TPSA) is 9.34 Å². The Morgan fingerprint density at radius 3 is 1.69 bits per heavy atom. The van der Waals surface area contributed by atoms with Gasteiger partial charge in [-0.1, -0.05) is 72.8 Å². The van der Waals surface area contributed by atoms with Gasteiger partial charge in [0.1, 0.15) is 0 Å². The molecule has 2 nitrogen and oxygen atoms in total. The lowest BCUT2D eigenvalue weighted by molar-refractivity contribution is 1.18. The monoisotopic (exact) mass is 456 g/mol. The summed E-state index contributed by atoms with van der Waals surface area (Å²) in [7, 11) is 0. The van der Waals surface area contributed by atoms with Gasteiger partial charge in [-0.25, -0.2) is 0 Å². The Morgan fingerprint density at radius 1 is 0.361 bits per heavy atom. The molecule has 0 spiro atoms. The van der Waals surface area contributed by atoms with Crippen LogP contribution in [0.1, 0.15) is 0 Å². The van der Waals surface area contributed by atoms with Crippen molar-refractivity contribution in [2.75, 3.05) is 0 Å². The van der Waals surface area contributed by atoms with Crippen LogP contribution in [0.5, 0.6) is 0 Å². The maximum atomic E-state index is 2.46. The highest BCUT2D eigenvalue weighted by Crippen LogP contribution is 2.41. The highest BCUT2D eigenvalue weighted by Gasteiger charge is 2.18. The molecule has 0 radical (unpaired) electrons. The fourth-order valence-electron chi connectivity index (χ4n) is 6.49. The lowest BCUT2D eigenvalue weighted by Gasteiger charge is -2.08. The van der Waals surface area contributed by atoms with E-state index in [-0.39, 0.29) is 0 Å². The second kappa shape index (κ2) is 6.44. The zero-order valence-corrected chi connectivity index (χ0v) is 19.4. The predicted octanol–water partition coefficient (Wildman–Crippen LogP) is 9.09. The number of benzene rings is 6. The van der Waals surface area contributed by atoms with Gasteiger partial charge in [0.15, 0.2) is 0 Å². The maximum absolute atomic E-state index is 2.46. The highest BCUT2D eigenvalue weighted by atomic mass is 15.0. The summed E-state index contributed by atoms with van der Waals surface area (Å²) < 4.78 is 4.86. The smallest absolute Gasteiger partial charge is 0.0620 e. The molecule has 0 aliphatic rings. The van der Waals surface area contributed by atoms with Gasteiger partial charge in [-0.15, -0.1) is 0 Å². The molecule has 166 valence electrons. The fraction of sp³-hybridized carbons (Fsp3) is 0. The fourth-order valence-corrected chi connectivity index (χ4v) is 6.49. The number of fused-ring (bicyclic) bond motifs is 10. The molecule has 9 aromatic rings. The van der Waals surface area contributed by atoms with Crippen molar-refractivity contribution in [3.05, 3.63) is 121 Å². The minimum atomic E-state index is 1.19. The van der Waals surface area contributed by atoms with Crippen molar-refractivity contribution < 1.29 is 0 Å². The lowest BCUT2D eigenvalue weighted by atomic mass is 10.0. The van der Waals surface area contributed by atoms with Crippen LogP contribution < -0.4 is 0 Å². The van der Waals surface area contributed by atoms with Gasteiger partial charge < -0.3 is 8.97 Å². The Labute approximate surface area is 206 Å². The van der Waals surface area contributed by atoms with E-state index in [4.69, 9.17) is 0 Å². The molecule has 3 aromatic heterocycles. The standard InChI is InChI=1S/C34H20N2/c1-2-9-23(10-3-1)35-30-15-6-5-12-25(30)28-17-21-20-33-29(18-22(21)19-32(28)35)27-14-8-13-26-24-11-4-7-16-31(24)36(33)34(26)27/h1-20H. The van der Waals surface area contributed by atoms with Crippen LogP contribution in [0.2, 0.25) is 0 Å². The van der Waals surface area contributed by atoms with E-state index in [2.05, 4.69) is 130 Å². The molecular formula is C34H20N2. The number of rotatable bonds is 1. The van der Waals surface area contributed by atoms with Crippen molar-refractivity contribution >= 4 is 70.7 Å². The molecule has 0 atom stereocenters. The molecule has 36 heavy (non-hydrogen) atoms. The Balaban J connectivity index is 1.48. The van der Waals surface area contributed by atoms with Crippen molar-refractivity contribution in [1.82, 2.24) is 8.97 Å². The third kappa shape index (κ3) is 2.18. The Hall–Kier alpha value is -4.82. The van der Waals surface area contributed by atoms with E-state index in [1.54, 1.807) is 0 Å². The summed E-state index contributed by atoms with van der Waals surface area (Å²) in [5.41, 5.74) is 7.56. The van der Waals surface area contributed by atoms with Gasteiger partial charge in [-0.2, -0.15) is 0 Å². The van der Waals surface area contributed by atoms with E-state index in [1.807, 2.05) is 0 Å². The van der Waals surface area contributed by atoms with E-state index in [9.17, 15) is 0 Å². The Kier molecular flexibility index (Phi) is 3.31. The molecule has 2 heteroatoms. The van der Waals surface area contributed by atoms with Crippen LogP contribution in [0.3, 0.4) is 0 Å². The second-order valence-corrected chi connectivity index (χ2v) is 9.83. The van der Waals surface area contributed by atoms with Gasteiger partial charge >= 0.3 is 0 Å². The van der Waals surface area contributed by atoms with Gasteiger partial charge in [0.05, 0.1) is 27.6 Å². The van der Waals surface area contributed by atoms with Crippen LogP contribution in [0.25, 0.3) is 76.4 Å². The first kappa shape index (κ1) is 18.5. The molecule has 0 N–H and O–H groups in total. The number of aromatic nitrogens is 2. The van der Waals surface area contributed by atoms with E-state index < -0.39 is 0 Å². The van der Waals surface area contributed by atoms with E-state index in [1.165, 1.54) is 76.4 Å². The second-order valence-electron chi connectivity index (χ2n) is 9.83. The molecule has 3 heterocycles. The van der Waals surface area contributed by atoms with Crippen LogP contribution in [0.4, 0.5) is 0 Å². The van der Waals surface area contributed by atoms with Gasteiger partial charge in [-0.3, -0.25) is 0 Å². The summed E-state index contributed by atoms with van der Waals surface area (Å²) in [4.78, 5) is 0. The number of hydrogen-bond donors (Lipinski definition) is 0. The van der Waals surface area contributed by atoms with Gasteiger partial charge in [0.2, 0.25) is 0 Å². The van der Waals surface area contributed by atoms with Crippen molar-refractivity contribution in [1.29, 1.82) is 0 Å². The van der Waals surface area contributed by atoms with Crippen LogP contribution in [0, 0.1) is 0 Å². The van der Waals surface area contributed by atoms with Crippen LogP contribution in [-0.2, 0) is 0 Å². The molecule has 0 amide bonds. The maximum Gasteiger partial charge on any atom is 0.0620 e. The quantitative estimate of drug-likeness (QED) is 0.233. The molecule has 0 aliphatic carbocycles. The summed E-state index contributed by atoms with van der Waals surface area (Å²) in [5, 5.41) is 10.4. The van der Waals surface area contributed by atoms with Gasteiger partial charge in [0, 0.05) is 38.0 Å². The number of hydrogen-bond acceptors (Lipinski definition) is 0. The number of nitrogens with zero attached hydrogens (tertiary/aromatic N) is 2. The minimum absolute atomic E-state index is 1.19. The van der Waals surface area contributed by atoms with E-state index in [0.29, 0.717) is 0 Å². The molecule has 6 aromatic carbocycles. The average molecular weight is 457 g/mol. The minimum Gasteiger partial charge on any atom is -0.309 e. The normalized spacial score (nSPS) is 12.4. The first-order chi connectivity index (χ1) is 17.9. The molecule has 0 saturated carbocycles. The summed E-state index contributed by atoms with van der Waals surface area (Å²) in [6, 6.07) is 44.5.